The third kappa shape index (κ3) is 2.66. The summed E-state index contributed by atoms with van der Waals surface area (Å²) < 4.78 is 15.2. The van der Waals surface area contributed by atoms with Gasteiger partial charge >= 0.3 is 5.97 Å². The Labute approximate surface area is 173 Å². The highest BCUT2D eigenvalue weighted by atomic mass is 16.5. The van der Waals surface area contributed by atoms with Crippen LogP contribution in [0.25, 0.3) is 27.8 Å². The van der Waals surface area contributed by atoms with Crippen molar-refractivity contribution in [1.29, 1.82) is 0 Å². The van der Waals surface area contributed by atoms with Gasteiger partial charge < -0.3 is 13.7 Å². The Hall–Kier alpha value is -4.28. The second-order valence-corrected chi connectivity index (χ2v) is 7.08. The molecule has 156 valence electrons. The summed E-state index contributed by atoms with van der Waals surface area (Å²) in [4.78, 5) is 41.9. The molecular weight excluding hydrogens is 404 g/mol. The molecule has 0 spiro atoms. The van der Waals surface area contributed by atoms with Crippen molar-refractivity contribution in [2.75, 3.05) is 0 Å². The van der Waals surface area contributed by atoms with Gasteiger partial charge in [-0.3, -0.25) is 18.6 Å². The lowest BCUT2D eigenvalue weighted by Crippen LogP contribution is -2.21. The average Bonchev–Trinajstić information content (AvgIpc) is 3.34. The van der Waals surface area contributed by atoms with Gasteiger partial charge in [-0.05, 0) is 19.1 Å². The zero-order chi connectivity index (χ0) is 21.9. The Morgan fingerprint density at radius 3 is 2.71 bits per heavy atom. The molecule has 5 aromatic rings. The molecule has 1 aromatic carbocycles. The van der Waals surface area contributed by atoms with Gasteiger partial charge in [0.15, 0.2) is 12.4 Å². The molecular formula is C20H16N6O5. The molecule has 0 aliphatic heterocycles. The highest BCUT2D eigenvalue weighted by Crippen LogP contribution is 2.22. The van der Waals surface area contributed by atoms with Crippen LogP contribution in [0, 0.1) is 6.92 Å². The molecule has 5 rings (SSSR count). The zero-order valence-corrected chi connectivity index (χ0v) is 16.8. The zero-order valence-electron chi connectivity index (χ0n) is 16.8. The largest absolute Gasteiger partial charge is 0.454 e. The molecule has 0 amide bonds. The summed E-state index contributed by atoms with van der Waals surface area (Å²) in [5, 5.41) is 8.70. The number of carbonyl (C=O) groups is 1. The van der Waals surface area contributed by atoms with Gasteiger partial charge in [0.05, 0.1) is 10.9 Å². The van der Waals surface area contributed by atoms with Crippen molar-refractivity contribution < 1.29 is 13.9 Å². The molecule has 0 bridgehead atoms. The van der Waals surface area contributed by atoms with Crippen molar-refractivity contribution in [2.45, 2.75) is 13.5 Å². The van der Waals surface area contributed by atoms with Crippen LogP contribution in [0.4, 0.5) is 0 Å². The number of hydrogen-bond donors (Lipinski definition) is 0. The molecule has 0 radical (unpaired) electrons. The van der Waals surface area contributed by atoms with Crippen LogP contribution < -0.4 is 11.1 Å². The normalized spacial score (nSPS) is 11.6. The first kappa shape index (κ1) is 18.7. The highest BCUT2D eigenvalue weighted by Gasteiger charge is 2.24. The monoisotopic (exact) mass is 420 g/mol. The fourth-order valence-corrected chi connectivity index (χ4v) is 3.62. The Bertz CT molecular complexity index is 1640. The number of para-hydroxylation sites is 1. The van der Waals surface area contributed by atoms with Gasteiger partial charge in [-0.2, -0.15) is 0 Å². The molecule has 4 aromatic heterocycles. The van der Waals surface area contributed by atoms with Crippen molar-refractivity contribution in [3.63, 3.8) is 0 Å². The summed E-state index contributed by atoms with van der Waals surface area (Å²) in [6.45, 7) is 1.34. The van der Waals surface area contributed by atoms with Gasteiger partial charge in [-0.15, -0.1) is 10.2 Å². The van der Waals surface area contributed by atoms with E-state index >= 15 is 0 Å². The van der Waals surface area contributed by atoms with Crippen LogP contribution in [-0.4, -0.2) is 34.7 Å². The maximum Gasteiger partial charge on any atom is 0.343 e. The highest BCUT2D eigenvalue weighted by molar-refractivity contribution is 6.03. The Morgan fingerprint density at radius 2 is 1.90 bits per heavy atom. The van der Waals surface area contributed by atoms with Gasteiger partial charge in [0.2, 0.25) is 11.5 Å². The van der Waals surface area contributed by atoms with Crippen molar-refractivity contribution in [1.82, 2.24) is 28.7 Å². The smallest absolute Gasteiger partial charge is 0.343 e. The Kier molecular flexibility index (Phi) is 4.00. The fourth-order valence-electron chi connectivity index (χ4n) is 3.62. The Balaban J connectivity index is 1.57. The number of aryl methyl sites for hydroxylation is 3. The molecule has 0 fully saturated rings. The third-order valence-corrected chi connectivity index (χ3v) is 5.18. The molecule has 11 heteroatoms. The summed E-state index contributed by atoms with van der Waals surface area (Å²) in [5.74, 6) is 0.131. The van der Waals surface area contributed by atoms with E-state index < -0.39 is 11.5 Å². The van der Waals surface area contributed by atoms with Crippen LogP contribution in [0.1, 0.15) is 21.9 Å². The number of fused-ring (bicyclic) bond motifs is 4. The minimum Gasteiger partial charge on any atom is -0.454 e. The minimum atomic E-state index is -0.743. The fraction of sp³-hybridized carbons (Fsp3) is 0.200. The van der Waals surface area contributed by atoms with Crippen LogP contribution in [-0.2, 0) is 25.4 Å². The van der Waals surface area contributed by atoms with Crippen LogP contribution in [0.5, 0.6) is 0 Å². The number of aromatic nitrogens is 6. The SMILES string of the molecule is Cc1oc2ncn(C)c(=O)c2c1C(=O)OCc1nnc2n(C)c(=O)c3ccccc3n12. The topological polar surface area (TPSA) is 127 Å². The lowest BCUT2D eigenvalue weighted by Gasteiger charge is -2.08. The van der Waals surface area contributed by atoms with E-state index in [0.717, 1.165) is 0 Å². The van der Waals surface area contributed by atoms with Crippen LogP contribution >= 0.6 is 0 Å². The van der Waals surface area contributed by atoms with Crippen LogP contribution in [0.3, 0.4) is 0 Å². The van der Waals surface area contributed by atoms with E-state index in [-0.39, 0.29) is 34.6 Å². The second kappa shape index (κ2) is 6.62. The predicted octanol–water partition coefficient (Wildman–Crippen LogP) is 1.09. The summed E-state index contributed by atoms with van der Waals surface area (Å²) in [5.41, 5.74) is 0.0708. The van der Waals surface area contributed by atoms with Crippen molar-refractivity contribution >= 4 is 33.7 Å². The van der Waals surface area contributed by atoms with E-state index in [1.807, 2.05) is 0 Å². The minimum absolute atomic E-state index is 0.0229. The molecule has 0 aliphatic carbocycles. The van der Waals surface area contributed by atoms with Crippen molar-refractivity contribution in [3.8, 4) is 0 Å². The summed E-state index contributed by atoms with van der Waals surface area (Å²) in [6.07, 6.45) is 1.32. The molecule has 0 atom stereocenters. The number of ether oxygens (including phenoxy) is 1. The van der Waals surface area contributed by atoms with Crippen molar-refractivity contribution in [2.24, 2.45) is 14.1 Å². The molecule has 0 N–H and O–H groups in total. The summed E-state index contributed by atoms with van der Waals surface area (Å²) in [6, 6.07) is 7.03. The van der Waals surface area contributed by atoms with Gasteiger partial charge in [0.1, 0.15) is 23.0 Å². The van der Waals surface area contributed by atoms with E-state index in [4.69, 9.17) is 9.15 Å². The van der Waals surface area contributed by atoms with Crippen molar-refractivity contribution in [3.05, 3.63) is 68.4 Å². The second-order valence-electron chi connectivity index (χ2n) is 7.08. The molecule has 31 heavy (non-hydrogen) atoms. The first-order valence-corrected chi connectivity index (χ1v) is 9.32. The lowest BCUT2D eigenvalue weighted by molar-refractivity contribution is 0.0461. The van der Waals surface area contributed by atoms with E-state index in [1.165, 1.54) is 22.5 Å². The number of esters is 1. The van der Waals surface area contributed by atoms with E-state index in [1.54, 1.807) is 42.6 Å². The number of hydrogen-bond acceptors (Lipinski definition) is 8. The maximum absolute atomic E-state index is 12.8. The van der Waals surface area contributed by atoms with E-state index in [2.05, 4.69) is 15.2 Å². The number of rotatable bonds is 3. The number of carbonyl (C=O) groups excluding carboxylic acids is 1. The number of furan rings is 1. The van der Waals surface area contributed by atoms with E-state index in [0.29, 0.717) is 22.5 Å². The average molecular weight is 420 g/mol. The molecule has 0 unspecified atom stereocenters. The van der Waals surface area contributed by atoms with Gasteiger partial charge in [-0.25, -0.2) is 9.78 Å². The standard InChI is InChI=1S/C20H16N6O5/c1-10-14(15-16(31-10)21-9-24(2)18(15)28)19(29)30-8-13-22-23-20-25(3)17(27)11-6-4-5-7-12(11)26(13)20/h4-7,9H,8H2,1-3H3. The molecule has 4 heterocycles. The number of nitrogens with zero attached hydrogens (tertiary/aromatic N) is 6. The summed E-state index contributed by atoms with van der Waals surface area (Å²) in [7, 11) is 3.13. The molecule has 0 aliphatic rings. The molecule has 11 nitrogen and oxygen atoms in total. The van der Waals surface area contributed by atoms with Crippen LogP contribution in [0.15, 0.2) is 44.6 Å². The van der Waals surface area contributed by atoms with Gasteiger partial charge in [0, 0.05) is 14.1 Å². The first-order valence-electron chi connectivity index (χ1n) is 9.32. The maximum atomic E-state index is 12.8. The van der Waals surface area contributed by atoms with Crippen LogP contribution in [0.2, 0.25) is 0 Å². The predicted molar refractivity (Wildman–Crippen MR) is 109 cm³/mol. The molecule has 0 saturated heterocycles. The quantitative estimate of drug-likeness (QED) is 0.397. The van der Waals surface area contributed by atoms with Gasteiger partial charge in [0.25, 0.3) is 11.1 Å². The third-order valence-electron chi connectivity index (χ3n) is 5.18. The lowest BCUT2D eigenvalue weighted by atomic mass is 10.2. The summed E-state index contributed by atoms with van der Waals surface area (Å²) >= 11 is 0. The first-order chi connectivity index (χ1) is 14.9. The van der Waals surface area contributed by atoms with Gasteiger partial charge in [-0.1, -0.05) is 12.1 Å². The number of benzene rings is 1. The Morgan fingerprint density at radius 1 is 1.13 bits per heavy atom. The van der Waals surface area contributed by atoms with E-state index in [9.17, 15) is 14.4 Å². The molecule has 0 saturated carbocycles.